The van der Waals surface area contributed by atoms with E-state index in [1.165, 1.54) is 87.6 Å². The monoisotopic (exact) mass is 534 g/mol. The summed E-state index contributed by atoms with van der Waals surface area (Å²) in [4.78, 5) is 0. The fraction of sp³-hybridized carbons (Fsp3) is 0.0476. The molecule has 0 heterocycles. The lowest BCUT2D eigenvalue weighted by molar-refractivity contribution is 1.47. The molecular formula is C42H30. The van der Waals surface area contributed by atoms with Crippen LogP contribution in [-0.4, -0.2) is 0 Å². The number of benzene rings is 8. The van der Waals surface area contributed by atoms with Crippen molar-refractivity contribution in [1.29, 1.82) is 0 Å². The van der Waals surface area contributed by atoms with Gasteiger partial charge in [0.05, 0.1) is 0 Å². The molecule has 8 aromatic rings. The predicted octanol–water partition coefficient (Wildman–Crippen LogP) is 11.9. The third-order valence-electron chi connectivity index (χ3n) is 8.76. The SMILES string of the molecule is Cc1ccc(-c2c3ccccc3c(-c3c4ccccc4c(-c4ccccc4)c4ccccc34)c3ccc(C)cc23)cc1. The van der Waals surface area contributed by atoms with E-state index in [9.17, 15) is 0 Å². The minimum Gasteiger partial charge on any atom is -0.0622 e. The highest BCUT2D eigenvalue weighted by molar-refractivity contribution is 6.29. The number of hydrogen-bond acceptors (Lipinski definition) is 0. The molecule has 0 radical (unpaired) electrons. The van der Waals surface area contributed by atoms with Crippen LogP contribution in [0.15, 0.2) is 146 Å². The molecule has 0 bridgehead atoms. The average Bonchev–Trinajstić information content (AvgIpc) is 3.04. The zero-order chi connectivity index (χ0) is 28.2. The van der Waals surface area contributed by atoms with E-state index in [1.54, 1.807) is 0 Å². The van der Waals surface area contributed by atoms with Gasteiger partial charge in [0.2, 0.25) is 0 Å². The summed E-state index contributed by atoms with van der Waals surface area (Å²) in [5.74, 6) is 0. The molecule has 42 heavy (non-hydrogen) atoms. The van der Waals surface area contributed by atoms with Crippen LogP contribution >= 0.6 is 0 Å². The van der Waals surface area contributed by atoms with Crippen LogP contribution < -0.4 is 0 Å². The second kappa shape index (κ2) is 9.72. The molecular weight excluding hydrogens is 504 g/mol. The minimum absolute atomic E-state index is 1.25. The molecule has 0 N–H and O–H groups in total. The fourth-order valence-corrected chi connectivity index (χ4v) is 6.91. The summed E-state index contributed by atoms with van der Waals surface area (Å²) >= 11 is 0. The second-order valence-electron chi connectivity index (χ2n) is 11.4. The third-order valence-corrected chi connectivity index (χ3v) is 8.76. The molecule has 0 saturated heterocycles. The number of aryl methyl sites for hydroxylation is 2. The Hall–Kier alpha value is -5.20. The minimum atomic E-state index is 1.25. The van der Waals surface area contributed by atoms with E-state index in [1.807, 2.05) is 0 Å². The molecule has 0 aliphatic carbocycles. The number of hydrogen-bond donors (Lipinski definition) is 0. The van der Waals surface area contributed by atoms with Crippen molar-refractivity contribution in [3.8, 4) is 33.4 Å². The van der Waals surface area contributed by atoms with Gasteiger partial charge in [-0.2, -0.15) is 0 Å². The Kier molecular flexibility index (Phi) is 5.69. The molecule has 0 unspecified atom stereocenters. The largest absolute Gasteiger partial charge is 0.0622 e. The molecule has 0 spiro atoms. The van der Waals surface area contributed by atoms with E-state index in [4.69, 9.17) is 0 Å². The maximum atomic E-state index is 2.38. The summed E-state index contributed by atoms with van der Waals surface area (Å²) in [7, 11) is 0. The van der Waals surface area contributed by atoms with Crippen molar-refractivity contribution in [3.05, 3.63) is 157 Å². The van der Waals surface area contributed by atoms with Crippen molar-refractivity contribution in [2.24, 2.45) is 0 Å². The van der Waals surface area contributed by atoms with Gasteiger partial charge in [-0.25, -0.2) is 0 Å². The normalized spacial score (nSPS) is 11.6. The zero-order valence-corrected chi connectivity index (χ0v) is 23.9. The summed E-state index contributed by atoms with van der Waals surface area (Å²) in [6.45, 7) is 4.36. The second-order valence-corrected chi connectivity index (χ2v) is 11.4. The van der Waals surface area contributed by atoms with Crippen molar-refractivity contribution in [2.45, 2.75) is 13.8 Å². The van der Waals surface area contributed by atoms with Gasteiger partial charge in [0.25, 0.3) is 0 Å². The van der Waals surface area contributed by atoms with E-state index in [0.717, 1.165) is 0 Å². The smallest absolute Gasteiger partial charge is 0.00139 e. The van der Waals surface area contributed by atoms with Crippen LogP contribution in [0.25, 0.3) is 76.5 Å². The Bertz CT molecular complexity index is 2230. The standard InChI is InChI=1S/C42H30/c1-27-20-23-30(24-21-27)40-33-16-8-11-19-36(33)42(37-25-22-28(2)26-38(37)40)41-34-17-9-6-14-31(34)39(29-12-4-3-5-13-29)32-15-7-10-18-35(32)41/h3-26H,1-2H3. The van der Waals surface area contributed by atoms with Gasteiger partial charge in [-0.3, -0.25) is 0 Å². The molecule has 8 rings (SSSR count). The average molecular weight is 535 g/mol. The van der Waals surface area contributed by atoms with Crippen LogP contribution in [-0.2, 0) is 0 Å². The van der Waals surface area contributed by atoms with Crippen molar-refractivity contribution < 1.29 is 0 Å². The molecule has 0 aromatic heterocycles. The summed E-state index contributed by atoms with van der Waals surface area (Å²) in [5, 5.41) is 10.3. The zero-order valence-electron chi connectivity index (χ0n) is 23.9. The van der Waals surface area contributed by atoms with Gasteiger partial charge in [0.1, 0.15) is 0 Å². The first-order chi connectivity index (χ1) is 20.7. The van der Waals surface area contributed by atoms with Crippen molar-refractivity contribution in [1.82, 2.24) is 0 Å². The van der Waals surface area contributed by atoms with Gasteiger partial charge >= 0.3 is 0 Å². The van der Waals surface area contributed by atoms with Crippen LogP contribution in [0.4, 0.5) is 0 Å². The van der Waals surface area contributed by atoms with E-state index in [0.29, 0.717) is 0 Å². The van der Waals surface area contributed by atoms with Gasteiger partial charge in [0.15, 0.2) is 0 Å². The Morgan fingerprint density at radius 2 is 0.619 bits per heavy atom. The summed E-state index contributed by atoms with van der Waals surface area (Å²) in [6.07, 6.45) is 0. The van der Waals surface area contributed by atoms with E-state index < -0.39 is 0 Å². The van der Waals surface area contributed by atoms with Gasteiger partial charge < -0.3 is 0 Å². The van der Waals surface area contributed by atoms with Crippen molar-refractivity contribution in [3.63, 3.8) is 0 Å². The molecule has 0 aliphatic rings. The molecule has 0 amide bonds. The Labute approximate surface area is 246 Å². The molecule has 8 aromatic carbocycles. The van der Waals surface area contributed by atoms with Gasteiger partial charge in [-0.15, -0.1) is 0 Å². The van der Waals surface area contributed by atoms with Crippen molar-refractivity contribution >= 4 is 43.1 Å². The Morgan fingerprint density at radius 1 is 0.262 bits per heavy atom. The quantitative estimate of drug-likeness (QED) is 0.198. The van der Waals surface area contributed by atoms with Crippen molar-refractivity contribution in [2.75, 3.05) is 0 Å². The maximum absolute atomic E-state index is 2.38. The fourth-order valence-electron chi connectivity index (χ4n) is 6.91. The predicted molar refractivity (Wildman–Crippen MR) is 182 cm³/mol. The van der Waals surface area contributed by atoms with Gasteiger partial charge in [-0.1, -0.05) is 157 Å². The molecule has 0 nitrogen and oxygen atoms in total. The van der Waals surface area contributed by atoms with E-state index in [2.05, 4.69) is 159 Å². The Morgan fingerprint density at radius 3 is 1.12 bits per heavy atom. The van der Waals surface area contributed by atoms with Crippen LogP contribution in [0.1, 0.15) is 11.1 Å². The molecule has 0 fully saturated rings. The third kappa shape index (κ3) is 3.76. The van der Waals surface area contributed by atoms with Gasteiger partial charge in [0, 0.05) is 0 Å². The first-order valence-corrected chi connectivity index (χ1v) is 14.7. The topological polar surface area (TPSA) is 0 Å². The molecule has 198 valence electrons. The first-order valence-electron chi connectivity index (χ1n) is 14.7. The molecule has 0 atom stereocenters. The highest BCUT2D eigenvalue weighted by Gasteiger charge is 2.22. The Balaban J connectivity index is 1.61. The van der Waals surface area contributed by atoms with Crippen LogP contribution in [0, 0.1) is 13.8 Å². The first kappa shape index (κ1) is 24.6. The van der Waals surface area contributed by atoms with E-state index in [-0.39, 0.29) is 0 Å². The maximum Gasteiger partial charge on any atom is -0.00139 e. The molecule has 0 aliphatic heterocycles. The van der Waals surface area contributed by atoms with Crippen LogP contribution in [0.2, 0.25) is 0 Å². The lowest BCUT2D eigenvalue weighted by Gasteiger charge is -2.22. The van der Waals surface area contributed by atoms with Crippen LogP contribution in [0.5, 0.6) is 0 Å². The lowest BCUT2D eigenvalue weighted by Crippen LogP contribution is -1.95. The highest BCUT2D eigenvalue weighted by Crippen LogP contribution is 2.50. The van der Waals surface area contributed by atoms with E-state index >= 15 is 0 Å². The molecule has 0 saturated carbocycles. The van der Waals surface area contributed by atoms with Gasteiger partial charge in [-0.05, 0) is 90.3 Å². The highest BCUT2D eigenvalue weighted by atomic mass is 14.2. The summed E-state index contributed by atoms with van der Waals surface area (Å²) < 4.78 is 0. The number of fused-ring (bicyclic) bond motifs is 4. The number of rotatable bonds is 3. The van der Waals surface area contributed by atoms with Crippen LogP contribution in [0.3, 0.4) is 0 Å². The summed E-state index contributed by atoms with van der Waals surface area (Å²) in [5.41, 5.74) is 10.3. The lowest BCUT2D eigenvalue weighted by atomic mass is 9.81. The molecule has 0 heteroatoms. The summed E-state index contributed by atoms with van der Waals surface area (Å²) in [6, 6.07) is 53.8.